The van der Waals surface area contributed by atoms with Crippen molar-refractivity contribution >= 4 is 17.7 Å². The molecule has 1 atom stereocenters. The molecular weight excluding hydrogens is 387 g/mol. The van der Waals surface area contributed by atoms with Gasteiger partial charge in [0.1, 0.15) is 11.2 Å². The molecule has 1 saturated heterocycles. The van der Waals surface area contributed by atoms with Gasteiger partial charge in [0.15, 0.2) is 0 Å². The van der Waals surface area contributed by atoms with Crippen molar-refractivity contribution in [1.29, 1.82) is 0 Å². The average Bonchev–Trinajstić information content (AvgIpc) is 3.20. The lowest BCUT2D eigenvalue weighted by molar-refractivity contribution is -0.132. The lowest BCUT2D eigenvalue weighted by atomic mass is 10.1. The quantitative estimate of drug-likeness (QED) is 0.572. The minimum Gasteiger partial charge on any atom is -0.385 e. The number of rotatable bonds is 9. The first-order valence-corrected chi connectivity index (χ1v) is 11.0. The largest absolute Gasteiger partial charge is 0.385 e. The van der Waals surface area contributed by atoms with Crippen molar-refractivity contribution in [1.82, 2.24) is 9.80 Å². The van der Waals surface area contributed by atoms with E-state index in [2.05, 4.69) is 36.1 Å². The van der Waals surface area contributed by atoms with Gasteiger partial charge in [-0.3, -0.25) is 9.69 Å². The van der Waals surface area contributed by atoms with E-state index in [1.165, 1.54) is 23.3 Å². The summed E-state index contributed by atoms with van der Waals surface area (Å²) < 4.78 is 18.5. The van der Waals surface area contributed by atoms with Crippen LogP contribution in [0.5, 0.6) is 0 Å². The van der Waals surface area contributed by atoms with Crippen LogP contribution in [0.3, 0.4) is 0 Å². The SMILES string of the molecule is COCCCN(CC(=O)N1CCSC1c1ccc(F)cc1)Cc1ccc(C)cc1. The molecule has 1 aliphatic rings. The van der Waals surface area contributed by atoms with Gasteiger partial charge in [-0.05, 0) is 36.6 Å². The molecule has 29 heavy (non-hydrogen) atoms. The third-order valence-corrected chi connectivity index (χ3v) is 6.34. The van der Waals surface area contributed by atoms with E-state index in [1.807, 2.05) is 4.90 Å². The zero-order valence-corrected chi connectivity index (χ0v) is 18.0. The predicted octanol–water partition coefficient (Wildman–Crippen LogP) is 4.25. The van der Waals surface area contributed by atoms with Gasteiger partial charge in [-0.25, -0.2) is 4.39 Å². The maximum atomic E-state index is 13.3. The monoisotopic (exact) mass is 416 g/mol. The van der Waals surface area contributed by atoms with Crippen LogP contribution in [-0.2, 0) is 16.1 Å². The second kappa shape index (κ2) is 10.8. The number of hydrogen-bond acceptors (Lipinski definition) is 4. The Morgan fingerprint density at radius 2 is 1.93 bits per heavy atom. The van der Waals surface area contributed by atoms with Gasteiger partial charge < -0.3 is 9.64 Å². The predicted molar refractivity (Wildman–Crippen MR) is 116 cm³/mol. The number of thioether (sulfide) groups is 1. The molecule has 1 unspecified atom stereocenters. The van der Waals surface area contributed by atoms with Crippen LogP contribution in [-0.4, -0.2) is 54.8 Å². The fourth-order valence-corrected chi connectivity index (χ4v) is 4.79. The van der Waals surface area contributed by atoms with E-state index in [1.54, 1.807) is 31.0 Å². The van der Waals surface area contributed by atoms with Gasteiger partial charge in [-0.2, -0.15) is 0 Å². The van der Waals surface area contributed by atoms with E-state index in [4.69, 9.17) is 4.74 Å². The molecule has 6 heteroatoms. The molecule has 1 fully saturated rings. The highest BCUT2D eigenvalue weighted by Gasteiger charge is 2.31. The van der Waals surface area contributed by atoms with E-state index in [0.29, 0.717) is 13.2 Å². The third-order valence-electron chi connectivity index (χ3n) is 5.07. The van der Waals surface area contributed by atoms with Gasteiger partial charge in [-0.15, -0.1) is 11.8 Å². The Morgan fingerprint density at radius 1 is 1.21 bits per heavy atom. The van der Waals surface area contributed by atoms with Crippen molar-refractivity contribution < 1.29 is 13.9 Å². The van der Waals surface area contributed by atoms with Crippen molar-refractivity contribution in [2.24, 2.45) is 0 Å². The molecule has 1 heterocycles. The Morgan fingerprint density at radius 3 is 2.62 bits per heavy atom. The first kappa shape index (κ1) is 21.8. The molecule has 1 aliphatic heterocycles. The van der Waals surface area contributed by atoms with Crippen molar-refractivity contribution in [2.45, 2.75) is 25.3 Å². The fourth-order valence-electron chi connectivity index (χ4n) is 3.51. The first-order chi connectivity index (χ1) is 14.1. The molecule has 2 aromatic rings. The van der Waals surface area contributed by atoms with Crippen molar-refractivity contribution in [3.05, 3.63) is 71.0 Å². The lowest BCUT2D eigenvalue weighted by Gasteiger charge is -2.28. The Balaban J connectivity index is 1.67. The summed E-state index contributed by atoms with van der Waals surface area (Å²) in [5.74, 6) is 0.765. The number of hydrogen-bond donors (Lipinski definition) is 0. The highest BCUT2D eigenvalue weighted by molar-refractivity contribution is 7.99. The number of methoxy groups -OCH3 is 1. The molecule has 0 spiro atoms. The molecule has 0 aliphatic carbocycles. The summed E-state index contributed by atoms with van der Waals surface area (Å²) in [4.78, 5) is 17.3. The van der Waals surface area contributed by atoms with E-state index >= 15 is 0 Å². The zero-order chi connectivity index (χ0) is 20.6. The summed E-state index contributed by atoms with van der Waals surface area (Å²) in [6.07, 6.45) is 0.881. The minimum atomic E-state index is -0.253. The van der Waals surface area contributed by atoms with Gasteiger partial charge in [0, 0.05) is 39.1 Å². The topological polar surface area (TPSA) is 32.8 Å². The summed E-state index contributed by atoms with van der Waals surface area (Å²) >= 11 is 1.74. The molecule has 4 nitrogen and oxygen atoms in total. The Hall–Kier alpha value is -1.89. The standard InChI is InChI=1S/C23H29FN2O2S/c1-18-4-6-19(7-5-18)16-25(12-3-14-28-2)17-22(27)26-13-15-29-23(26)20-8-10-21(24)11-9-20/h4-11,23H,3,12-17H2,1-2H3. The van der Waals surface area contributed by atoms with Gasteiger partial charge >= 0.3 is 0 Å². The summed E-state index contributed by atoms with van der Waals surface area (Å²) in [5, 5.41) is -0.0386. The molecule has 1 amide bonds. The summed E-state index contributed by atoms with van der Waals surface area (Å²) in [5.41, 5.74) is 3.41. The highest BCUT2D eigenvalue weighted by Crippen LogP contribution is 2.37. The summed E-state index contributed by atoms with van der Waals surface area (Å²) in [6.45, 7) is 5.38. The molecular formula is C23H29FN2O2S. The maximum absolute atomic E-state index is 13.3. The molecule has 0 saturated carbocycles. The van der Waals surface area contributed by atoms with Crippen LogP contribution in [0, 0.1) is 12.7 Å². The van der Waals surface area contributed by atoms with E-state index < -0.39 is 0 Å². The number of benzene rings is 2. The molecule has 0 N–H and O–H groups in total. The van der Waals surface area contributed by atoms with Crippen LogP contribution < -0.4 is 0 Å². The third kappa shape index (κ3) is 6.29. The number of nitrogens with zero attached hydrogens (tertiary/aromatic N) is 2. The van der Waals surface area contributed by atoms with Crippen LogP contribution in [0.25, 0.3) is 0 Å². The van der Waals surface area contributed by atoms with Crippen LogP contribution in [0.15, 0.2) is 48.5 Å². The number of halogens is 1. The van der Waals surface area contributed by atoms with Crippen LogP contribution in [0.1, 0.15) is 28.5 Å². The number of aryl methyl sites for hydroxylation is 1. The number of ether oxygens (including phenoxy) is 1. The number of carbonyl (C=O) groups is 1. The van der Waals surface area contributed by atoms with E-state index in [-0.39, 0.29) is 17.1 Å². The smallest absolute Gasteiger partial charge is 0.237 e. The Labute approximate surface area is 177 Å². The van der Waals surface area contributed by atoms with Crippen molar-refractivity contribution in [3.8, 4) is 0 Å². The zero-order valence-electron chi connectivity index (χ0n) is 17.1. The molecule has 0 bridgehead atoms. The van der Waals surface area contributed by atoms with Crippen molar-refractivity contribution in [2.75, 3.05) is 39.1 Å². The Kier molecular flexibility index (Phi) is 8.09. The van der Waals surface area contributed by atoms with Gasteiger partial charge in [0.05, 0.1) is 6.54 Å². The second-order valence-corrected chi connectivity index (χ2v) is 8.59. The first-order valence-electron chi connectivity index (χ1n) is 10.00. The molecule has 0 aromatic heterocycles. The van der Waals surface area contributed by atoms with Crippen LogP contribution in [0.4, 0.5) is 4.39 Å². The molecule has 3 rings (SSSR count). The van der Waals surface area contributed by atoms with Gasteiger partial charge in [-0.1, -0.05) is 42.0 Å². The van der Waals surface area contributed by atoms with Crippen molar-refractivity contribution in [3.63, 3.8) is 0 Å². The lowest BCUT2D eigenvalue weighted by Crippen LogP contribution is -2.40. The normalized spacial score (nSPS) is 16.6. The molecule has 156 valence electrons. The molecule has 0 radical (unpaired) electrons. The average molecular weight is 417 g/mol. The highest BCUT2D eigenvalue weighted by atomic mass is 32.2. The second-order valence-electron chi connectivity index (χ2n) is 7.40. The fraction of sp³-hybridized carbons (Fsp3) is 0.435. The minimum absolute atomic E-state index is 0.0386. The maximum Gasteiger partial charge on any atom is 0.237 e. The number of amides is 1. The van der Waals surface area contributed by atoms with E-state index in [9.17, 15) is 9.18 Å². The summed E-state index contributed by atoms with van der Waals surface area (Å²) in [6, 6.07) is 14.9. The molecule has 2 aromatic carbocycles. The van der Waals surface area contributed by atoms with Gasteiger partial charge in [0.2, 0.25) is 5.91 Å². The van der Waals surface area contributed by atoms with Gasteiger partial charge in [0.25, 0.3) is 0 Å². The van der Waals surface area contributed by atoms with Crippen LogP contribution >= 0.6 is 11.8 Å². The van der Waals surface area contributed by atoms with Crippen LogP contribution in [0.2, 0.25) is 0 Å². The van der Waals surface area contributed by atoms with E-state index in [0.717, 1.165) is 37.4 Å². The Bertz CT molecular complexity index is 782. The summed E-state index contributed by atoms with van der Waals surface area (Å²) in [7, 11) is 1.70. The number of carbonyl (C=O) groups excluding carboxylic acids is 1.